The maximum Gasteiger partial charge on any atom is 0.145 e. The Balaban J connectivity index is 2.16. The van der Waals surface area contributed by atoms with Gasteiger partial charge in [0.1, 0.15) is 24.0 Å². The summed E-state index contributed by atoms with van der Waals surface area (Å²) in [5.41, 5.74) is 6.43. The van der Waals surface area contributed by atoms with Crippen molar-refractivity contribution in [2.75, 3.05) is 5.73 Å². The molecule has 0 aliphatic rings. The SMILES string of the molecule is Nc1cc(I)c(F)cc1OCc1ccccc1F. The number of anilines is 1. The number of rotatable bonds is 3. The van der Waals surface area contributed by atoms with E-state index in [2.05, 4.69) is 0 Å². The Labute approximate surface area is 117 Å². The Kier molecular flexibility index (Phi) is 4.00. The molecule has 0 aliphatic heterocycles. The van der Waals surface area contributed by atoms with Crippen LogP contribution in [0.1, 0.15) is 5.56 Å². The third-order valence-corrected chi connectivity index (χ3v) is 3.22. The van der Waals surface area contributed by atoms with Gasteiger partial charge in [-0.1, -0.05) is 18.2 Å². The van der Waals surface area contributed by atoms with Crippen molar-refractivity contribution in [3.63, 3.8) is 0 Å². The van der Waals surface area contributed by atoms with Crippen molar-refractivity contribution in [2.45, 2.75) is 6.61 Å². The highest BCUT2D eigenvalue weighted by Gasteiger charge is 2.08. The largest absolute Gasteiger partial charge is 0.487 e. The summed E-state index contributed by atoms with van der Waals surface area (Å²) in [7, 11) is 0. The van der Waals surface area contributed by atoms with Crippen molar-refractivity contribution in [1.29, 1.82) is 0 Å². The molecule has 0 radical (unpaired) electrons. The number of benzene rings is 2. The second-order valence-corrected chi connectivity index (χ2v) is 4.85. The number of hydrogen-bond acceptors (Lipinski definition) is 2. The summed E-state index contributed by atoms with van der Waals surface area (Å²) < 4.78 is 32.4. The van der Waals surface area contributed by atoms with Crippen LogP contribution < -0.4 is 10.5 Å². The molecule has 0 heterocycles. The Bertz CT molecular complexity index is 575. The first-order valence-electron chi connectivity index (χ1n) is 5.18. The molecule has 0 amide bonds. The highest BCUT2D eigenvalue weighted by atomic mass is 127. The Morgan fingerprint density at radius 1 is 1.11 bits per heavy atom. The number of hydrogen-bond donors (Lipinski definition) is 1. The molecule has 18 heavy (non-hydrogen) atoms. The minimum atomic E-state index is -0.409. The quantitative estimate of drug-likeness (QED) is 0.668. The van der Waals surface area contributed by atoms with Crippen molar-refractivity contribution in [1.82, 2.24) is 0 Å². The van der Waals surface area contributed by atoms with Crippen LogP contribution in [0.2, 0.25) is 0 Å². The van der Waals surface area contributed by atoms with Gasteiger partial charge in [0.15, 0.2) is 0 Å². The normalized spacial score (nSPS) is 10.4. The second-order valence-electron chi connectivity index (χ2n) is 3.68. The monoisotopic (exact) mass is 361 g/mol. The average molecular weight is 361 g/mol. The Hall–Kier alpha value is -1.37. The van der Waals surface area contributed by atoms with Gasteiger partial charge in [-0.25, -0.2) is 8.78 Å². The third kappa shape index (κ3) is 2.90. The van der Waals surface area contributed by atoms with E-state index in [-0.39, 0.29) is 18.2 Å². The molecule has 94 valence electrons. The van der Waals surface area contributed by atoms with Gasteiger partial charge < -0.3 is 10.5 Å². The first-order valence-corrected chi connectivity index (χ1v) is 6.26. The van der Waals surface area contributed by atoms with Crippen LogP contribution in [-0.2, 0) is 6.61 Å². The topological polar surface area (TPSA) is 35.2 Å². The Morgan fingerprint density at radius 3 is 2.56 bits per heavy atom. The second kappa shape index (κ2) is 5.51. The maximum absolute atomic E-state index is 13.3. The average Bonchev–Trinajstić information content (AvgIpc) is 2.34. The van der Waals surface area contributed by atoms with E-state index in [1.807, 2.05) is 22.6 Å². The van der Waals surface area contributed by atoms with Crippen LogP contribution in [0.15, 0.2) is 36.4 Å². The van der Waals surface area contributed by atoms with Gasteiger partial charge in [0, 0.05) is 11.6 Å². The summed E-state index contributed by atoms with van der Waals surface area (Å²) >= 11 is 1.84. The van der Waals surface area contributed by atoms with E-state index in [0.717, 1.165) is 0 Å². The molecule has 0 saturated carbocycles. The van der Waals surface area contributed by atoms with E-state index >= 15 is 0 Å². The zero-order valence-electron chi connectivity index (χ0n) is 9.29. The molecule has 2 aromatic rings. The lowest BCUT2D eigenvalue weighted by atomic mass is 10.2. The molecule has 0 aliphatic carbocycles. The summed E-state index contributed by atoms with van der Waals surface area (Å²) in [5, 5.41) is 0. The highest BCUT2D eigenvalue weighted by molar-refractivity contribution is 14.1. The lowest BCUT2D eigenvalue weighted by Gasteiger charge is -2.10. The van der Waals surface area contributed by atoms with Crippen LogP contribution in [0.5, 0.6) is 5.75 Å². The van der Waals surface area contributed by atoms with Crippen LogP contribution in [-0.4, -0.2) is 0 Å². The molecular weight excluding hydrogens is 351 g/mol. The first-order chi connectivity index (χ1) is 8.58. The molecule has 0 fully saturated rings. The standard InChI is InChI=1S/C13H10F2INO/c14-9-4-2-1-3-8(9)7-18-13-5-10(15)11(16)6-12(13)17/h1-6H,7,17H2. The zero-order valence-corrected chi connectivity index (χ0v) is 11.4. The number of ether oxygens (including phenoxy) is 1. The van der Waals surface area contributed by atoms with E-state index in [1.165, 1.54) is 18.2 Å². The van der Waals surface area contributed by atoms with Crippen molar-refractivity contribution < 1.29 is 13.5 Å². The van der Waals surface area contributed by atoms with Gasteiger partial charge in [-0.3, -0.25) is 0 Å². The number of halogens is 3. The van der Waals surface area contributed by atoms with E-state index in [4.69, 9.17) is 10.5 Å². The molecule has 0 aromatic heterocycles. The van der Waals surface area contributed by atoms with Crippen molar-refractivity contribution in [3.05, 3.63) is 57.2 Å². The maximum atomic E-state index is 13.3. The molecule has 2 nitrogen and oxygen atoms in total. The van der Waals surface area contributed by atoms with E-state index in [1.54, 1.807) is 18.2 Å². The smallest absolute Gasteiger partial charge is 0.145 e. The molecule has 0 unspecified atom stereocenters. The molecule has 5 heteroatoms. The van der Waals surface area contributed by atoms with Crippen molar-refractivity contribution >= 4 is 28.3 Å². The van der Waals surface area contributed by atoms with Crippen LogP contribution in [0.3, 0.4) is 0 Å². The van der Waals surface area contributed by atoms with Crippen LogP contribution in [0.4, 0.5) is 14.5 Å². The fraction of sp³-hybridized carbons (Fsp3) is 0.0769. The van der Waals surface area contributed by atoms with Gasteiger partial charge in [-0.2, -0.15) is 0 Å². The van der Waals surface area contributed by atoms with Crippen molar-refractivity contribution in [2.24, 2.45) is 0 Å². The van der Waals surface area contributed by atoms with Gasteiger partial charge in [-0.05, 0) is 34.7 Å². The molecule has 0 bridgehead atoms. The molecule has 0 spiro atoms. The predicted octanol–water partition coefficient (Wildman–Crippen LogP) is 3.73. The van der Waals surface area contributed by atoms with Gasteiger partial charge in [0.25, 0.3) is 0 Å². The number of nitrogens with two attached hydrogens (primary N) is 1. The lowest BCUT2D eigenvalue weighted by molar-refractivity contribution is 0.300. The lowest BCUT2D eigenvalue weighted by Crippen LogP contribution is -2.02. The highest BCUT2D eigenvalue weighted by Crippen LogP contribution is 2.27. The third-order valence-electron chi connectivity index (χ3n) is 2.39. The van der Waals surface area contributed by atoms with Crippen LogP contribution in [0.25, 0.3) is 0 Å². The van der Waals surface area contributed by atoms with Crippen LogP contribution >= 0.6 is 22.6 Å². The fourth-order valence-electron chi connectivity index (χ4n) is 1.44. The van der Waals surface area contributed by atoms with Gasteiger partial charge in [-0.15, -0.1) is 0 Å². The minimum absolute atomic E-state index is 0.0108. The summed E-state index contributed by atoms with van der Waals surface area (Å²) in [5.74, 6) is -0.549. The number of nitrogen functional groups attached to an aromatic ring is 1. The first kappa shape index (κ1) is 13.1. The summed E-state index contributed by atoms with van der Waals surface area (Å²) in [6.45, 7) is 0.0108. The van der Waals surface area contributed by atoms with Gasteiger partial charge >= 0.3 is 0 Å². The fourth-order valence-corrected chi connectivity index (χ4v) is 1.93. The molecule has 2 N–H and O–H groups in total. The zero-order chi connectivity index (χ0) is 13.1. The van der Waals surface area contributed by atoms with Gasteiger partial charge in [0.2, 0.25) is 0 Å². The minimum Gasteiger partial charge on any atom is -0.487 e. The van der Waals surface area contributed by atoms with E-state index < -0.39 is 5.82 Å². The summed E-state index contributed by atoms with van der Waals surface area (Å²) in [4.78, 5) is 0. The van der Waals surface area contributed by atoms with E-state index in [0.29, 0.717) is 14.8 Å². The van der Waals surface area contributed by atoms with E-state index in [9.17, 15) is 8.78 Å². The molecule has 0 saturated heterocycles. The van der Waals surface area contributed by atoms with Gasteiger partial charge in [0.05, 0.1) is 9.26 Å². The van der Waals surface area contributed by atoms with Crippen molar-refractivity contribution in [3.8, 4) is 5.75 Å². The summed E-state index contributed by atoms with van der Waals surface area (Å²) in [6.07, 6.45) is 0. The Morgan fingerprint density at radius 2 is 1.83 bits per heavy atom. The van der Waals surface area contributed by atoms with Crippen LogP contribution in [0, 0.1) is 15.2 Å². The predicted molar refractivity (Wildman–Crippen MR) is 74.3 cm³/mol. The molecule has 0 atom stereocenters. The summed E-state index contributed by atoms with van der Waals surface area (Å²) in [6, 6.07) is 8.94. The molecular formula is C13H10F2INO. The molecule has 2 rings (SSSR count). The molecule has 2 aromatic carbocycles.